The standard InChI is InChI=1S/C16H26N2O/c1-3-14-6-8-16(19,9-7-14)12-18-13(2)15-5-4-10-17-11-15/h4-5,10-11,13-14,18-19H,3,6-9,12H2,1-2H3. The van der Waals surface area contributed by atoms with Crippen molar-refractivity contribution in [2.24, 2.45) is 5.92 Å². The van der Waals surface area contributed by atoms with Gasteiger partial charge in [0.15, 0.2) is 0 Å². The second-order valence-electron chi connectivity index (χ2n) is 5.96. The van der Waals surface area contributed by atoms with Gasteiger partial charge in [-0.1, -0.05) is 19.4 Å². The Kier molecular flexibility index (Phi) is 4.94. The van der Waals surface area contributed by atoms with Crippen LogP contribution in [0, 0.1) is 5.92 Å². The molecule has 1 unspecified atom stereocenters. The average molecular weight is 262 g/mol. The van der Waals surface area contributed by atoms with Gasteiger partial charge >= 0.3 is 0 Å². The molecule has 1 aliphatic carbocycles. The molecule has 0 bridgehead atoms. The molecular formula is C16H26N2O. The second-order valence-corrected chi connectivity index (χ2v) is 5.96. The fourth-order valence-electron chi connectivity index (χ4n) is 2.89. The lowest BCUT2D eigenvalue weighted by molar-refractivity contribution is -0.0103. The third kappa shape index (κ3) is 4.02. The number of hydrogen-bond acceptors (Lipinski definition) is 3. The Labute approximate surface area is 116 Å². The molecule has 3 nitrogen and oxygen atoms in total. The fourth-order valence-corrected chi connectivity index (χ4v) is 2.89. The molecule has 0 aliphatic heterocycles. The van der Waals surface area contributed by atoms with Gasteiger partial charge in [-0.25, -0.2) is 0 Å². The number of nitrogens with one attached hydrogen (secondary N) is 1. The first-order chi connectivity index (χ1) is 9.13. The Morgan fingerprint density at radius 2 is 2.21 bits per heavy atom. The van der Waals surface area contributed by atoms with Crippen molar-refractivity contribution in [2.45, 2.75) is 57.6 Å². The Morgan fingerprint density at radius 3 is 2.79 bits per heavy atom. The van der Waals surface area contributed by atoms with Gasteiger partial charge in [0.1, 0.15) is 0 Å². The number of pyridine rings is 1. The maximum Gasteiger partial charge on any atom is 0.0772 e. The highest BCUT2D eigenvalue weighted by molar-refractivity contribution is 5.12. The van der Waals surface area contributed by atoms with E-state index in [0.29, 0.717) is 6.54 Å². The topological polar surface area (TPSA) is 45.1 Å². The summed E-state index contributed by atoms with van der Waals surface area (Å²) < 4.78 is 0. The van der Waals surface area contributed by atoms with E-state index in [-0.39, 0.29) is 6.04 Å². The molecule has 19 heavy (non-hydrogen) atoms. The summed E-state index contributed by atoms with van der Waals surface area (Å²) in [5, 5.41) is 14.1. The minimum atomic E-state index is -0.512. The largest absolute Gasteiger partial charge is 0.389 e. The molecule has 3 heteroatoms. The molecule has 1 fully saturated rings. The number of rotatable bonds is 5. The van der Waals surface area contributed by atoms with Crippen LogP contribution >= 0.6 is 0 Å². The van der Waals surface area contributed by atoms with Gasteiger partial charge in [0, 0.05) is 25.0 Å². The SMILES string of the molecule is CCC1CCC(O)(CNC(C)c2cccnc2)CC1. The van der Waals surface area contributed by atoms with Crippen molar-refractivity contribution in [2.75, 3.05) is 6.54 Å². The highest BCUT2D eigenvalue weighted by atomic mass is 16.3. The molecule has 106 valence electrons. The van der Waals surface area contributed by atoms with Crippen LogP contribution in [-0.2, 0) is 0 Å². The summed E-state index contributed by atoms with van der Waals surface area (Å²) in [6, 6.07) is 4.26. The van der Waals surface area contributed by atoms with Gasteiger partial charge in [-0.05, 0) is 50.2 Å². The van der Waals surface area contributed by atoms with Crippen molar-refractivity contribution in [1.82, 2.24) is 10.3 Å². The van der Waals surface area contributed by atoms with Crippen LogP contribution in [0.3, 0.4) is 0 Å². The maximum absolute atomic E-state index is 10.6. The molecule has 1 saturated carbocycles. The normalized spacial score (nSPS) is 29.1. The van der Waals surface area contributed by atoms with E-state index in [1.165, 1.54) is 12.0 Å². The van der Waals surface area contributed by atoms with Gasteiger partial charge in [-0.2, -0.15) is 0 Å². The molecule has 1 aromatic rings. The monoisotopic (exact) mass is 262 g/mol. The molecule has 0 amide bonds. The van der Waals surface area contributed by atoms with E-state index in [1.54, 1.807) is 6.20 Å². The predicted molar refractivity (Wildman–Crippen MR) is 77.9 cm³/mol. The summed E-state index contributed by atoms with van der Waals surface area (Å²) in [5.74, 6) is 0.816. The van der Waals surface area contributed by atoms with Crippen LogP contribution < -0.4 is 5.32 Å². The van der Waals surface area contributed by atoms with Crippen molar-refractivity contribution in [1.29, 1.82) is 0 Å². The van der Waals surface area contributed by atoms with Crippen molar-refractivity contribution in [3.8, 4) is 0 Å². The van der Waals surface area contributed by atoms with Gasteiger partial charge < -0.3 is 10.4 Å². The zero-order valence-corrected chi connectivity index (χ0v) is 12.1. The van der Waals surface area contributed by atoms with Crippen molar-refractivity contribution < 1.29 is 5.11 Å². The van der Waals surface area contributed by atoms with Gasteiger partial charge in [0.05, 0.1) is 5.60 Å². The highest BCUT2D eigenvalue weighted by Crippen LogP contribution is 2.33. The van der Waals surface area contributed by atoms with Gasteiger partial charge in [0.2, 0.25) is 0 Å². The summed E-state index contributed by atoms with van der Waals surface area (Å²) in [5.41, 5.74) is 0.663. The lowest BCUT2D eigenvalue weighted by atomic mass is 9.78. The quantitative estimate of drug-likeness (QED) is 0.857. The Bertz CT molecular complexity index is 372. The summed E-state index contributed by atoms with van der Waals surface area (Å²) in [7, 11) is 0. The molecule has 2 N–H and O–H groups in total. The van der Waals surface area contributed by atoms with Crippen LogP contribution in [0.2, 0.25) is 0 Å². The first-order valence-electron chi connectivity index (χ1n) is 7.48. The molecule has 2 rings (SSSR count). The lowest BCUT2D eigenvalue weighted by Gasteiger charge is -2.36. The van der Waals surface area contributed by atoms with Gasteiger partial charge in [-0.15, -0.1) is 0 Å². The van der Waals surface area contributed by atoms with Gasteiger partial charge in [0.25, 0.3) is 0 Å². The Balaban J connectivity index is 1.82. The summed E-state index contributed by atoms with van der Waals surface area (Å²) >= 11 is 0. The molecule has 1 aliphatic rings. The van der Waals surface area contributed by atoms with Crippen LogP contribution in [0.1, 0.15) is 57.6 Å². The van der Waals surface area contributed by atoms with Crippen LogP contribution in [0.5, 0.6) is 0 Å². The maximum atomic E-state index is 10.6. The van der Waals surface area contributed by atoms with Crippen LogP contribution in [0.15, 0.2) is 24.5 Å². The van der Waals surface area contributed by atoms with Crippen LogP contribution in [0.25, 0.3) is 0 Å². The molecule has 0 spiro atoms. The zero-order valence-electron chi connectivity index (χ0n) is 12.1. The zero-order chi connectivity index (χ0) is 13.7. The van der Waals surface area contributed by atoms with E-state index < -0.39 is 5.60 Å². The highest BCUT2D eigenvalue weighted by Gasteiger charge is 2.32. The van der Waals surface area contributed by atoms with Crippen LogP contribution in [0.4, 0.5) is 0 Å². The minimum Gasteiger partial charge on any atom is -0.389 e. The third-order valence-corrected chi connectivity index (χ3v) is 4.53. The number of nitrogens with zero attached hydrogens (tertiary/aromatic N) is 1. The lowest BCUT2D eigenvalue weighted by Crippen LogP contribution is -2.44. The minimum absolute atomic E-state index is 0.238. The van der Waals surface area contributed by atoms with Crippen LogP contribution in [-0.4, -0.2) is 22.2 Å². The molecule has 0 aromatic carbocycles. The summed E-state index contributed by atoms with van der Waals surface area (Å²) in [4.78, 5) is 4.14. The smallest absolute Gasteiger partial charge is 0.0772 e. The van der Waals surface area contributed by atoms with Crippen molar-refractivity contribution in [3.05, 3.63) is 30.1 Å². The van der Waals surface area contributed by atoms with E-state index in [4.69, 9.17) is 0 Å². The Hall–Kier alpha value is -0.930. The van der Waals surface area contributed by atoms with E-state index in [1.807, 2.05) is 12.3 Å². The molecular weight excluding hydrogens is 236 g/mol. The molecule has 1 atom stereocenters. The molecule has 0 radical (unpaired) electrons. The fraction of sp³-hybridized carbons (Fsp3) is 0.688. The summed E-state index contributed by atoms with van der Waals surface area (Å²) in [6.07, 6.45) is 9.10. The Morgan fingerprint density at radius 1 is 1.47 bits per heavy atom. The van der Waals surface area contributed by atoms with Crippen molar-refractivity contribution >= 4 is 0 Å². The van der Waals surface area contributed by atoms with Gasteiger partial charge in [-0.3, -0.25) is 4.98 Å². The third-order valence-electron chi connectivity index (χ3n) is 4.53. The molecule has 1 heterocycles. The first kappa shape index (κ1) is 14.5. The van der Waals surface area contributed by atoms with E-state index >= 15 is 0 Å². The van der Waals surface area contributed by atoms with E-state index in [0.717, 1.165) is 31.6 Å². The van der Waals surface area contributed by atoms with Crippen molar-refractivity contribution in [3.63, 3.8) is 0 Å². The number of aliphatic hydroxyl groups is 1. The number of aromatic nitrogens is 1. The van der Waals surface area contributed by atoms with E-state index in [9.17, 15) is 5.11 Å². The van der Waals surface area contributed by atoms with E-state index in [2.05, 4.69) is 30.2 Å². The molecule has 1 aromatic heterocycles. The second kappa shape index (κ2) is 6.49. The molecule has 0 saturated heterocycles. The first-order valence-corrected chi connectivity index (χ1v) is 7.48. The average Bonchev–Trinajstić information content (AvgIpc) is 2.47. The number of hydrogen-bond donors (Lipinski definition) is 2. The predicted octanol–water partition coefficient (Wildman–Crippen LogP) is 3.06. The summed E-state index contributed by atoms with van der Waals surface area (Å²) in [6.45, 7) is 5.05.